The third kappa shape index (κ3) is 3.29. The number of hydrogen-bond donors (Lipinski definition) is 0. The van der Waals surface area contributed by atoms with Crippen molar-refractivity contribution in [2.24, 2.45) is 7.05 Å². The molecule has 2 aromatic heterocycles. The molecule has 2 aromatic carbocycles. The van der Waals surface area contributed by atoms with E-state index in [0.29, 0.717) is 28.1 Å². The Hall–Kier alpha value is -3.19. The number of hydrogen-bond acceptors (Lipinski definition) is 5. The molecule has 0 unspecified atom stereocenters. The highest BCUT2D eigenvalue weighted by Gasteiger charge is 2.21. The van der Waals surface area contributed by atoms with Crippen LogP contribution in [-0.4, -0.2) is 37.6 Å². The van der Waals surface area contributed by atoms with Crippen molar-refractivity contribution in [1.29, 1.82) is 0 Å². The molecular formula is C19H16ClN5O2. The van der Waals surface area contributed by atoms with Gasteiger partial charge in [-0.3, -0.25) is 4.79 Å². The van der Waals surface area contributed by atoms with E-state index in [1.54, 1.807) is 30.8 Å². The molecule has 4 aromatic rings. The lowest BCUT2D eigenvalue weighted by molar-refractivity contribution is 0.0758. The summed E-state index contributed by atoms with van der Waals surface area (Å²) in [5.41, 5.74) is 2.34. The summed E-state index contributed by atoms with van der Waals surface area (Å²) in [6.07, 6.45) is 0. The summed E-state index contributed by atoms with van der Waals surface area (Å²) >= 11 is 6.01. The van der Waals surface area contributed by atoms with Crippen LogP contribution in [0, 0.1) is 0 Å². The fraction of sp³-hybridized carbons (Fsp3) is 0.158. The summed E-state index contributed by atoms with van der Waals surface area (Å²) in [5.74, 6) is 0.845. The average Bonchev–Trinajstić information content (AvgIpc) is 3.26. The first-order chi connectivity index (χ1) is 13.0. The summed E-state index contributed by atoms with van der Waals surface area (Å²) in [6, 6.07) is 14.8. The van der Waals surface area contributed by atoms with Crippen LogP contribution < -0.4 is 0 Å². The van der Waals surface area contributed by atoms with Gasteiger partial charge in [0.2, 0.25) is 11.8 Å². The molecule has 0 spiro atoms. The van der Waals surface area contributed by atoms with Crippen molar-refractivity contribution in [3.63, 3.8) is 0 Å². The second-order valence-corrected chi connectivity index (χ2v) is 6.59. The van der Waals surface area contributed by atoms with Crippen molar-refractivity contribution < 1.29 is 9.21 Å². The van der Waals surface area contributed by atoms with Gasteiger partial charge in [0.15, 0.2) is 5.82 Å². The van der Waals surface area contributed by atoms with Gasteiger partial charge in [0.25, 0.3) is 5.91 Å². The second kappa shape index (κ2) is 6.85. The smallest absolute Gasteiger partial charge is 0.290 e. The molecule has 2 heterocycles. The number of aryl methyl sites for hydroxylation is 1. The van der Waals surface area contributed by atoms with Crippen LogP contribution >= 0.6 is 11.6 Å². The summed E-state index contributed by atoms with van der Waals surface area (Å²) in [5, 5.41) is 8.65. The van der Waals surface area contributed by atoms with Gasteiger partial charge in [-0.1, -0.05) is 29.8 Å². The summed E-state index contributed by atoms with van der Waals surface area (Å²) in [4.78, 5) is 18.7. The number of aromatic nitrogens is 4. The number of amides is 1. The van der Waals surface area contributed by atoms with E-state index in [-0.39, 0.29) is 12.5 Å². The Morgan fingerprint density at radius 1 is 1.19 bits per heavy atom. The third-order valence-electron chi connectivity index (χ3n) is 4.24. The van der Waals surface area contributed by atoms with Crippen molar-refractivity contribution in [3.8, 4) is 11.5 Å². The Kier molecular flexibility index (Phi) is 4.37. The quantitative estimate of drug-likeness (QED) is 0.540. The molecule has 136 valence electrons. The van der Waals surface area contributed by atoms with Crippen molar-refractivity contribution in [1.82, 2.24) is 24.6 Å². The largest absolute Gasteiger partial charge is 0.419 e. The maximum absolute atomic E-state index is 12.8. The van der Waals surface area contributed by atoms with E-state index < -0.39 is 0 Å². The SMILES string of the molecule is CN(Cc1nnc(-c2ccccc2)o1)C(=O)c1nc2cc(Cl)ccc2n1C. The van der Waals surface area contributed by atoms with Gasteiger partial charge in [-0.25, -0.2) is 4.98 Å². The predicted octanol–water partition coefficient (Wildman–Crippen LogP) is 3.55. The number of carbonyl (C=O) groups excluding carboxylic acids is 1. The summed E-state index contributed by atoms with van der Waals surface area (Å²) in [7, 11) is 3.46. The Labute approximate surface area is 160 Å². The minimum atomic E-state index is -0.246. The molecule has 0 aliphatic heterocycles. The Balaban J connectivity index is 1.55. The van der Waals surface area contributed by atoms with Crippen molar-refractivity contribution in [2.75, 3.05) is 7.05 Å². The zero-order valence-corrected chi connectivity index (χ0v) is 15.5. The monoisotopic (exact) mass is 381 g/mol. The van der Waals surface area contributed by atoms with Crippen LogP contribution in [0.15, 0.2) is 52.9 Å². The Bertz CT molecular complexity index is 1120. The minimum Gasteiger partial charge on any atom is -0.419 e. The van der Waals surface area contributed by atoms with Gasteiger partial charge in [-0.05, 0) is 30.3 Å². The maximum atomic E-state index is 12.8. The van der Waals surface area contributed by atoms with Gasteiger partial charge in [0.05, 0.1) is 17.6 Å². The first-order valence-electron chi connectivity index (χ1n) is 8.28. The molecule has 1 amide bonds. The number of halogens is 1. The van der Waals surface area contributed by atoms with Crippen LogP contribution in [0.5, 0.6) is 0 Å². The predicted molar refractivity (Wildman–Crippen MR) is 101 cm³/mol. The van der Waals surface area contributed by atoms with Crippen LogP contribution in [0.25, 0.3) is 22.5 Å². The highest BCUT2D eigenvalue weighted by atomic mass is 35.5. The van der Waals surface area contributed by atoms with Gasteiger partial charge in [-0.15, -0.1) is 10.2 Å². The van der Waals surface area contributed by atoms with E-state index >= 15 is 0 Å². The number of nitrogens with zero attached hydrogens (tertiary/aromatic N) is 5. The van der Waals surface area contributed by atoms with Crippen molar-refractivity contribution in [3.05, 3.63) is 65.3 Å². The zero-order valence-electron chi connectivity index (χ0n) is 14.8. The molecule has 0 N–H and O–H groups in total. The zero-order chi connectivity index (χ0) is 19.0. The van der Waals surface area contributed by atoms with Crippen molar-refractivity contribution in [2.45, 2.75) is 6.54 Å². The topological polar surface area (TPSA) is 77.1 Å². The van der Waals surface area contributed by atoms with Crippen LogP contribution in [0.4, 0.5) is 0 Å². The van der Waals surface area contributed by atoms with Gasteiger partial charge >= 0.3 is 0 Å². The first-order valence-corrected chi connectivity index (χ1v) is 8.66. The van der Waals surface area contributed by atoms with E-state index in [1.165, 1.54) is 4.90 Å². The molecule has 0 fully saturated rings. The molecule has 4 rings (SSSR count). The van der Waals surface area contributed by atoms with Gasteiger partial charge in [0, 0.05) is 24.7 Å². The number of benzene rings is 2. The fourth-order valence-electron chi connectivity index (χ4n) is 2.82. The molecule has 0 atom stereocenters. The Morgan fingerprint density at radius 2 is 1.96 bits per heavy atom. The fourth-order valence-corrected chi connectivity index (χ4v) is 2.99. The maximum Gasteiger partial charge on any atom is 0.290 e. The molecule has 27 heavy (non-hydrogen) atoms. The van der Waals surface area contributed by atoms with Gasteiger partial charge < -0.3 is 13.9 Å². The van der Waals surface area contributed by atoms with Gasteiger partial charge in [0.1, 0.15) is 0 Å². The minimum absolute atomic E-state index is 0.183. The number of imidazole rings is 1. The van der Waals surface area contributed by atoms with Crippen LogP contribution in [-0.2, 0) is 13.6 Å². The lowest BCUT2D eigenvalue weighted by Crippen LogP contribution is -2.28. The van der Waals surface area contributed by atoms with Gasteiger partial charge in [-0.2, -0.15) is 0 Å². The molecule has 8 heteroatoms. The normalized spacial score (nSPS) is 11.1. The molecular weight excluding hydrogens is 366 g/mol. The van der Waals surface area contributed by atoms with E-state index in [4.69, 9.17) is 16.0 Å². The molecule has 0 bridgehead atoms. The number of fused-ring (bicyclic) bond motifs is 1. The lowest BCUT2D eigenvalue weighted by atomic mass is 10.2. The first kappa shape index (κ1) is 17.2. The highest BCUT2D eigenvalue weighted by Crippen LogP contribution is 2.21. The Morgan fingerprint density at radius 3 is 2.74 bits per heavy atom. The van der Waals surface area contributed by atoms with Crippen LogP contribution in [0.1, 0.15) is 16.5 Å². The lowest BCUT2D eigenvalue weighted by Gasteiger charge is -2.14. The third-order valence-corrected chi connectivity index (χ3v) is 4.48. The molecule has 0 saturated heterocycles. The molecule has 0 radical (unpaired) electrons. The van der Waals surface area contributed by atoms with Crippen molar-refractivity contribution >= 4 is 28.5 Å². The second-order valence-electron chi connectivity index (χ2n) is 6.16. The number of rotatable bonds is 4. The van der Waals surface area contributed by atoms with E-state index in [2.05, 4.69) is 15.2 Å². The summed E-state index contributed by atoms with van der Waals surface area (Å²) in [6.45, 7) is 0.183. The molecule has 7 nitrogen and oxygen atoms in total. The van der Waals surface area contributed by atoms with E-state index in [0.717, 1.165) is 11.1 Å². The molecule has 0 saturated carbocycles. The molecule has 0 aliphatic rings. The average molecular weight is 382 g/mol. The van der Waals surface area contributed by atoms with E-state index in [1.807, 2.05) is 36.4 Å². The van der Waals surface area contributed by atoms with Crippen LogP contribution in [0.3, 0.4) is 0 Å². The van der Waals surface area contributed by atoms with Crippen LogP contribution in [0.2, 0.25) is 5.02 Å². The molecule has 0 aliphatic carbocycles. The highest BCUT2D eigenvalue weighted by molar-refractivity contribution is 6.31. The van der Waals surface area contributed by atoms with E-state index in [9.17, 15) is 4.79 Å². The number of carbonyl (C=O) groups is 1. The standard InChI is InChI=1S/C19H16ClN5O2/c1-24(11-16-22-23-18(27-16)12-6-4-3-5-7-12)19(26)17-21-14-10-13(20)8-9-15(14)25(17)2/h3-10H,11H2,1-2H3. The summed E-state index contributed by atoms with van der Waals surface area (Å²) < 4.78 is 7.41.